The van der Waals surface area contributed by atoms with Gasteiger partial charge in [0.25, 0.3) is 6.04 Å². The molecule has 0 spiro atoms. The molecule has 0 bridgehead atoms. The van der Waals surface area contributed by atoms with Gasteiger partial charge in [-0.2, -0.15) is 0 Å². The molecule has 1 heterocycles. The van der Waals surface area contributed by atoms with Crippen LogP contribution in [0, 0.1) is 10.1 Å². The zero-order valence-corrected chi connectivity index (χ0v) is 16.5. The number of piperidine rings is 1. The monoisotopic (exact) mass is 420 g/mol. The van der Waals surface area contributed by atoms with Crippen LogP contribution < -0.4 is 0 Å². The first-order valence-electron chi connectivity index (χ1n) is 9.39. The van der Waals surface area contributed by atoms with Crippen LogP contribution in [0.25, 0.3) is 0 Å². The highest BCUT2D eigenvalue weighted by Gasteiger charge is 2.40. The van der Waals surface area contributed by atoms with E-state index in [-0.39, 0.29) is 31.5 Å². The number of alkyl halides is 1. The topological polar surface area (TPSA) is 83.7 Å². The van der Waals surface area contributed by atoms with E-state index < -0.39 is 35.1 Å². The number of nitro groups is 1. The molecule has 1 aliphatic heterocycles. The van der Waals surface area contributed by atoms with Crippen LogP contribution in [-0.4, -0.2) is 46.1 Å². The number of hydrogen-bond acceptors (Lipinski definition) is 5. The summed E-state index contributed by atoms with van der Waals surface area (Å²) in [4.78, 5) is 24.6. The quantitative estimate of drug-likeness (QED) is 0.318. The molecule has 0 aliphatic carbocycles. The third kappa shape index (κ3) is 4.98. The van der Waals surface area contributed by atoms with Gasteiger partial charge in [0.15, 0.2) is 6.30 Å². The summed E-state index contributed by atoms with van der Waals surface area (Å²) in [6, 6.07) is 13.1. The number of Topliss-reactive ketones (excluding diaryl/α,β-unsaturated/α-hetero) is 1. The Morgan fingerprint density at radius 2 is 1.76 bits per heavy atom. The van der Waals surface area contributed by atoms with Crippen LogP contribution in [0.5, 0.6) is 0 Å². The van der Waals surface area contributed by atoms with E-state index in [4.69, 9.17) is 11.6 Å². The SMILES string of the molecule is O=C(c1ccccc1)C(CC(F)N1CCC(O)(c2ccc(Cl)cc2)CC1)[N+](=O)[O-]. The zero-order chi connectivity index (χ0) is 21.0. The number of aliphatic hydroxyl groups is 1. The van der Waals surface area contributed by atoms with E-state index in [0.29, 0.717) is 10.6 Å². The van der Waals surface area contributed by atoms with Gasteiger partial charge in [-0.25, -0.2) is 4.39 Å². The Balaban J connectivity index is 1.63. The third-order valence-electron chi connectivity index (χ3n) is 5.44. The maximum atomic E-state index is 14.9. The van der Waals surface area contributed by atoms with Crippen LogP contribution >= 0.6 is 11.6 Å². The van der Waals surface area contributed by atoms with Gasteiger partial charge in [-0.1, -0.05) is 54.1 Å². The van der Waals surface area contributed by atoms with Gasteiger partial charge in [0.1, 0.15) is 0 Å². The second-order valence-electron chi connectivity index (χ2n) is 7.28. The smallest absolute Gasteiger partial charge is 0.278 e. The molecule has 29 heavy (non-hydrogen) atoms. The van der Waals surface area contributed by atoms with Crippen molar-refractivity contribution in [2.45, 2.75) is 37.2 Å². The second kappa shape index (κ2) is 8.98. The molecular weight excluding hydrogens is 399 g/mol. The lowest BCUT2D eigenvalue weighted by molar-refractivity contribution is -0.508. The normalized spacial score (nSPS) is 18.7. The zero-order valence-electron chi connectivity index (χ0n) is 15.7. The van der Waals surface area contributed by atoms with Crippen LogP contribution in [-0.2, 0) is 5.60 Å². The number of ketones is 1. The van der Waals surface area contributed by atoms with Gasteiger partial charge in [-0.05, 0) is 30.5 Å². The summed E-state index contributed by atoms with van der Waals surface area (Å²) >= 11 is 5.88. The summed E-state index contributed by atoms with van der Waals surface area (Å²) in [6.07, 6.45) is -1.61. The van der Waals surface area contributed by atoms with E-state index in [1.165, 1.54) is 17.0 Å². The average molecular weight is 421 g/mol. The summed E-state index contributed by atoms with van der Waals surface area (Å²) in [5.74, 6) is -0.701. The minimum Gasteiger partial charge on any atom is -0.385 e. The van der Waals surface area contributed by atoms with Crippen molar-refractivity contribution in [1.29, 1.82) is 0 Å². The molecule has 3 rings (SSSR count). The molecule has 1 saturated heterocycles. The number of nitrogens with zero attached hydrogens (tertiary/aromatic N) is 2. The number of carbonyl (C=O) groups is 1. The van der Waals surface area contributed by atoms with Crippen LogP contribution in [0.2, 0.25) is 5.02 Å². The predicted molar refractivity (Wildman–Crippen MR) is 107 cm³/mol. The molecule has 2 aromatic rings. The van der Waals surface area contributed by atoms with Crippen molar-refractivity contribution in [2.75, 3.05) is 13.1 Å². The molecular formula is C21H22ClFN2O4. The summed E-state index contributed by atoms with van der Waals surface area (Å²) in [5.41, 5.74) is -0.195. The number of hydrogen-bond donors (Lipinski definition) is 1. The predicted octanol–water partition coefficient (Wildman–Crippen LogP) is 3.84. The molecule has 1 fully saturated rings. The van der Waals surface area contributed by atoms with Crippen LogP contribution in [0.15, 0.2) is 54.6 Å². The van der Waals surface area contributed by atoms with Crippen molar-refractivity contribution in [2.24, 2.45) is 0 Å². The lowest BCUT2D eigenvalue weighted by Crippen LogP contribution is -2.47. The van der Waals surface area contributed by atoms with Gasteiger partial charge < -0.3 is 5.11 Å². The molecule has 1 N–H and O–H groups in total. The largest absolute Gasteiger partial charge is 0.385 e. The van der Waals surface area contributed by atoms with Crippen LogP contribution in [0.4, 0.5) is 4.39 Å². The number of benzene rings is 2. The molecule has 0 radical (unpaired) electrons. The Morgan fingerprint density at radius 1 is 1.17 bits per heavy atom. The Morgan fingerprint density at radius 3 is 2.31 bits per heavy atom. The number of rotatable bonds is 7. The molecule has 2 atom stereocenters. The summed E-state index contributed by atoms with van der Waals surface area (Å²) in [5, 5.41) is 22.8. The first-order chi connectivity index (χ1) is 13.8. The summed E-state index contributed by atoms with van der Waals surface area (Å²) in [6.45, 7) is 0.453. The molecule has 2 aromatic carbocycles. The number of halogens is 2. The highest BCUT2D eigenvalue weighted by Crippen LogP contribution is 2.34. The van der Waals surface area contributed by atoms with Gasteiger partial charge in [-0.15, -0.1) is 0 Å². The van der Waals surface area contributed by atoms with E-state index in [1.807, 2.05) is 0 Å². The maximum absolute atomic E-state index is 14.9. The lowest BCUT2D eigenvalue weighted by Gasteiger charge is -2.39. The second-order valence-corrected chi connectivity index (χ2v) is 7.71. The third-order valence-corrected chi connectivity index (χ3v) is 5.69. The van der Waals surface area contributed by atoms with Crippen molar-refractivity contribution >= 4 is 17.4 Å². The first-order valence-corrected chi connectivity index (χ1v) is 9.77. The first kappa shape index (κ1) is 21.4. The van der Waals surface area contributed by atoms with Crippen LogP contribution in [0.3, 0.4) is 0 Å². The van der Waals surface area contributed by atoms with Crippen LogP contribution in [0.1, 0.15) is 35.2 Å². The molecule has 0 amide bonds. The van der Waals surface area contributed by atoms with Gasteiger partial charge in [0.05, 0.1) is 12.0 Å². The Hall–Kier alpha value is -2.35. The van der Waals surface area contributed by atoms with Crippen molar-refractivity contribution in [1.82, 2.24) is 4.90 Å². The fourth-order valence-electron chi connectivity index (χ4n) is 3.64. The Labute approximate surface area is 173 Å². The average Bonchev–Trinajstić information content (AvgIpc) is 2.72. The number of likely N-dealkylation sites (tertiary alicyclic amines) is 1. The lowest BCUT2D eigenvalue weighted by atomic mass is 9.84. The minimum atomic E-state index is -1.65. The fraction of sp³-hybridized carbons (Fsp3) is 0.381. The molecule has 8 heteroatoms. The van der Waals surface area contributed by atoms with E-state index >= 15 is 0 Å². The van der Waals surface area contributed by atoms with Gasteiger partial charge >= 0.3 is 0 Å². The van der Waals surface area contributed by atoms with E-state index in [2.05, 4.69) is 0 Å². The summed E-state index contributed by atoms with van der Waals surface area (Å²) in [7, 11) is 0. The Kier molecular flexibility index (Phi) is 6.62. The van der Waals surface area contributed by atoms with E-state index in [1.54, 1.807) is 42.5 Å². The maximum Gasteiger partial charge on any atom is 0.278 e. The Bertz CT molecular complexity index is 855. The van der Waals surface area contributed by atoms with Crippen molar-refractivity contribution in [3.8, 4) is 0 Å². The van der Waals surface area contributed by atoms with E-state index in [0.717, 1.165) is 0 Å². The molecule has 6 nitrogen and oxygen atoms in total. The highest BCUT2D eigenvalue weighted by atomic mass is 35.5. The fourth-order valence-corrected chi connectivity index (χ4v) is 3.77. The molecule has 1 aliphatic rings. The minimum absolute atomic E-state index is 0.192. The van der Waals surface area contributed by atoms with Crippen molar-refractivity contribution in [3.63, 3.8) is 0 Å². The molecule has 0 aromatic heterocycles. The molecule has 154 valence electrons. The van der Waals surface area contributed by atoms with Gasteiger partial charge in [0.2, 0.25) is 5.78 Å². The molecule has 2 unspecified atom stereocenters. The van der Waals surface area contributed by atoms with Gasteiger partial charge in [0, 0.05) is 28.6 Å². The highest BCUT2D eigenvalue weighted by molar-refractivity contribution is 6.30. The standard InChI is InChI=1S/C21H22ClFN2O4/c22-17-8-6-16(7-9-17)21(27)10-12-24(13-11-21)19(23)14-18(25(28)29)20(26)15-4-2-1-3-5-15/h1-9,18-19,27H,10-14H2. The van der Waals surface area contributed by atoms with Crippen molar-refractivity contribution in [3.05, 3.63) is 80.9 Å². The number of carbonyl (C=O) groups excluding carboxylic acids is 1. The summed E-state index contributed by atoms with van der Waals surface area (Å²) < 4.78 is 14.9. The van der Waals surface area contributed by atoms with E-state index in [9.17, 15) is 24.4 Å². The van der Waals surface area contributed by atoms with Gasteiger partial charge in [-0.3, -0.25) is 19.8 Å². The molecule has 0 saturated carbocycles. The van der Waals surface area contributed by atoms with Crippen molar-refractivity contribution < 1.29 is 19.2 Å².